The fraction of sp³-hybridized carbons (Fsp3) is 0.235. The average molecular weight is 663 g/mol. The number of halogens is 3. The Kier molecular flexibility index (Phi) is 7.56. The number of quaternary nitrogens is 1. The van der Waals surface area contributed by atoms with Crippen LogP contribution >= 0.6 is 67.8 Å². The molecule has 0 aliphatic heterocycles. The zero-order valence-electron chi connectivity index (χ0n) is 13.1. The minimum Gasteiger partial charge on any atom is -0.426 e. The molecule has 0 fully saturated rings. The van der Waals surface area contributed by atoms with Crippen LogP contribution < -0.4 is 16.2 Å². The lowest BCUT2D eigenvalue weighted by Crippen LogP contribution is -2.39. The third-order valence-electron chi connectivity index (χ3n) is 3.72. The van der Waals surface area contributed by atoms with E-state index in [-0.39, 0.29) is 11.9 Å². The van der Waals surface area contributed by atoms with Crippen molar-refractivity contribution >= 4 is 85.1 Å². The van der Waals surface area contributed by atoms with Crippen molar-refractivity contribution in [3.05, 3.63) is 46.6 Å². The van der Waals surface area contributed by atoms with Gasteiger partial charge in [-0.05, 0) is 104 Å². The Bertz CT molecular complexity index is 748. The summed E-state index contributed by atoms with van der Waals surface area (Å²) >= 11 is 6.80. The zero-order valence-corrected chi connectivity index (χ0v) is 19.6. The van der Waals surface area contributed by atoms with Crippen LogP contribution in [0.5, 0.6) is 5.75 Å². The van der Waals surface area contributed by atoms with Gasteiger partial charge in [-0.25, -0.2) is 0 Å². The molecule has 128 valence electrons. The number of benzene rings is 2. The number of hydrogen-bond donors (Lipinski definition) is 2. The van der Waals surface area contributed by atoms with E-state index in [1.807, 2.05) is 19.1 Å². The first kappa shape index (κ1) is 20.2. The summed E-state index contributed by atoms with van der Waals surface area (Å²) in [5.41, 5.74) is 12.8. The van der Waals surface area contributed by atoms with Crippen LogP contribution in [0.3, 0.4) is 0 Å². The molecule has 2 aromatic rings. The topological polar surface area (TPSA) is 80.0 Å². The van der Waals surface area contributed by atoms with E-state index >= 15 is 0 Å². The molecule has 2 aromatic carbocycles. The van der Waals surface area contributed by atoms with Crippen molar-refractivity contribution in [1.82, 2.24) is 0 Å². The molecule has 0 heterocycles. The van der Waals surface area contributed by atoms with Crippen LogP contribution in [-0.2, 0) is 11.2 Å². The number of carbonyl (C=O) groups excluding carboxylic acids is 1. The van der Waals surface area contributed by atoms with E-state index in [9.17, 15) is 4.79 Å². The molecule has 2 rings (SSSR count). The van der Waals surface area contributed by atoms with Gasteiger partial charge in [0.2, 0.25) is 0 Å². The smallest absolute Gasteiger partial charge is 0.314 e. The van der Waals surface area contributed by atoms with E-state index in [4.69, 9.17) is 10.5 Å². The molecular formula is C17H18I3N2O2+. The summed E-state index contributed by atoms with van der Waals surface area (Å²) in [7, 11) is 0. The largest absolute Gasteiger partial charge is 0.426 e. The van der Waals surface area contributed by atoms with Crippen LogP contribution in [0.4, 0.5) is 11.4 Å². The van der Waals surface area contributed by atoms with Gasteiger partial charge in [0.1, 0.15) is 11.4 Å². The molecule has 5 N–H and O–H groups in total. The molecule has 7 heteroatoms. The van der Waals surface area contributed by atoms with Crippen molar-refractivity contribution in [2.75, 3.05) is 5.73 Å². The van der Waals surface area contributed by atoms with Crippen LogP contribution in [-0.4, -0.2) is 5.97 Å². The summed E-state index contributed by atoms with van der Waals surface area (Å²) < 4.78 is 8.71. The molecule has 0 spiro atoms. The number of ether oxygens (including phenoxy) is 1. The summed E-state index contributed by atoms with van der Waals surface area (Å²) in [5, 5.41) is 0. The number of carbonyl (C=O) groups is 1. The lowest BCUT2D eigenvalue weighted by Gasteiger charge is -2.17. The minimum absolute atomic E-state index is 0.203. The van der Waals surface area contributed by atoms with Gasteiger partial charge in [-0.3, -0.25) is 4.79 Å². The fourth-order valence-corrected chi connectivity index (χ4v) is 6.04. The van der Waals surface area contributed by atoms with E-state index in [0.29, 0.717) is 18.6 Å². The first-order chi connectivity index (χ1) is 11.3. The standard InChI is InChI=1S/C17H17I3N2O2/c1-2-9(17(23)24-11-5-3-10(21)4-6-11)7-12-13(18)8-14(19)16(22)15(12)20/h3-6,8-9H,2,7,21-22H2,1H3/p+1. The predicted octanol–water partition coefficient (Wildman–Crippen LogP) is 4.13. The van der Waals surface area contributed by atoms with Crippen molar-refractivity contribution < 1.29 is 15.3 Å². The average Bonchev–Trinajstić information content (AvgIpc) is 2.55. The summed E-state index contributed by atoms with van der Waals surface area (Å²) in [6, 6.07) is 9.25. The van der Waals surface area contributed by atoms with Gasteiger partial charge in [0, 0.05) is 22.8 Å². The molecule has 0 bridgehead atoms. The lowest BCUT2D eigenvalue weighted by molar-refractivity contribution is -0.254. The van der Waals surface area contributed by atoms with E-state index in [1.54, 1.807) is 12.1 Å². The maximum Gasteiger partial charge on any atom is 0.314 e. The second kappa shape index (κ2) is 8.99. The highest BCUT2D eigenvalue weighted by Gasteiger charge is 2.23. The first-order valence-electron chi connectivity index (χ1n) is 7.39. The SMILES string of the molecule is CCC(Cc1c(I)cc(I)c(N)c1I)C(=O)Oc1ccc([NH3+])cc1. The van der Waals surface area contributed by atoms with Crippen LogP contribution in [0, 0.1) is 16.6 Å². The summed E-state index contributed by atoms with van der Waals surface area (Å²) in [6.45, 7) is 2.00. The molecule has 1 unspecified atom stereocenters. The van der Waals surface area contributed by atoms with Crippen molar-refractivity contribution in [2.45, 2.75) is 19.8 Å². The third kappa shape index (κ3) is 4.94. The summed E-state index contributed by atoms with van der Waals surface area (Å²) in [6.07, 6.45) is 1.34. The predicted molar refractivity (Wildman–Crippen MR) is 121 cm³/mol. The molecule has 24 heavy (non-hydrogen) atoms. The number of hydrogen-bond acceptors (Lipinski definition) is 3. The van der Waals surface area contributed by atoms with Crippen LogP contribution in [0.15, 0.2) is 30.3 Å². The van der Waals surface area contributed by atoms with E-state index < -0.39 is 0 Å². The van der Waals surface area contributed by atoms with Crippen LogP contribution in [0.1, 0.15) is 18.9 Å². The maximum absolute atomic E-state index is 12.5. The van der Waals surface area contributed by atoms with Gasteiger partial charge in [0.15, 0.2) is 0 Å². The van der Waals surface area contributed by atoms with Gasteiger partial charge in [0.05, 0.1) is 11.6 Å². The number of esters is 1. The number of rotatable bonds is 5. The van der Waals surface area contributed by atoms with Crippen LogP contribution in [0.25, 0.3) is 0 Å². The van der Waals surface area contributed by atoms with Gasteiger partial charge >= 0.3 is 5.97 Å². The van der Waals surface area contributed by atoms with Crippen LogP contribution in [0.2, 0.25) is 0 Å². The molecule has 1 atom stereocenters. The summed E-state index contributed by atoms with van der Waals surface area (Å²) in [4.78, 5) is 12.5. The quantitative estimate of drug-likeness (QED) is 0.219. The molecule has 0 radical (unpaired) electrons. The normalized spacial score (nSPS) is 12.0. The molecule has 0 aliphatic rings. The zero-order chi connectivity index (χ0) is 17.9. The van der Waals surface area contributed by atoms with Crippen molar-refractivity contribution in [2.24, 2.45) is 5.92 Å². The van der Waals surface area contributed by atoms with Gasteiger partial charge in [-0.2, -0.15) is 0 Å². The van der Waals surface area contributed by atoms with Crippen molar-refractivity contribution in [3.8, 4) is 5.75 Å². The number of nitrogen functional groups attached to an aromatic ring is 1. The summed E-state index contributed by atoms with van der Waals surface area (Å²) in [5.74, 6) is 0.140. The Labute approximate surface area is 182 Å². The molecule has 0 aliphatic carbocycles. The molecule has 0 amide bonds. The Hall–Kier alpha value is -0.140. The Morgan fingerprint density at radius 3 is 2.42 bits per heavy atom. The van der Waals surface area contributed by atoms with E-state index in [2.05, 4.69) is 79.6 Å². The second-order valence-electron chi connectivity index (χ2n) is 5.42. The minimum atomic E-state index is -0.210. The molecule has 4 nitrogen and oxygen atoms in total. The van der Waals surface area contributed by atoms with Gasteiger partial charge in [0.25, 0.3) is 0 Å². The number of nitrogens with two attached hydrogens (primary N) is 1. The Balaban J connectivity index is 2.19. The molecular weight excluding hydrogens is 645 g/mol. The van der Waals surface area contributed by atoms with Gasteiger partial charge in [-0.15, -0.1) is 0 Å². The first-order valence-corrected chi connectivity index (χ1v) is 10.6. The van der Waals surface area contributed by atoms with E-state index in [1.165, 1.54) is 0 Å². The van der Waals surface area contributed by atoms with Gasteiger partial charge in [-0.1, -0.05) is 6.92 Å². The highest BCUT2D eigenvalue weighted by molar-refractivity contribution is 14.1. The Morgan fingerprint density at radius 2 is 1.83 bits per heavy atom. The second-order valence-corrected chi connectivity index (χ2v) is 8.82. The van der Waals surface area contributed by atoms with E-state index in [0.717, 1.165) is 27.6 Å². The molecule has 0 aromatic heterocycles. The number of anilines is 1. The third-order valence-corrected chi connectivity index (χ3v) is 6.81. The Morgan fingerprint density at radius 1 is 1.21 bits per heavy atom. The molecule has 0 saturated carbocycles. The van der Waals surface area contributed by atoms with Crippen molar-refractivity contribution in [1.29, 1.82) is 0 Å². The monoisotopic (exact) mass is 663 g/mol. The molecule has 0 saturated heterocycles. The van der Waals surface area contributed by atoms with Gasteiger partial charge < -0.3 is 16.2 Å². The highest BCUT2D eigenvalue weighted by Crippen LogP contribution is 2.32. The lowest BCUT2D eigenvalue weighted by atomic mass is 9.96. The highest BCUT2D eigenvalue weighted by atomic mass is 127. The van der Waals surface area contributed by atoms with Crippen molar-refractivity contribution in [3.63, 3.8) is 0 Å². The fourth-order valence-electron chi connectivity index (χ4n) is 2.23. The maximum atomic E-state index is 12.5.